The van der Waals surface area contributed by atoms with Crippen molar-refractivity contribution in [2.45, 2.75) is 13.8 Å². The lowest BCUT2D eigenvalue weighted by atomic mass is 9.85. The van der Waals surface area contributed by atoms with Crippen molar-refractivity contribution in [1.29, 1.82) is 0 Å². The lowest BCUT2D eigenvalue weighted by molar-refractivity contribution is 1.47. The minimum atomic E-state index is 1.20. The zero-order chi connectivity index (χ0) is 19.8. The summed E-state index contributed by atoms with van der Waals surface area (Å²) in [4.78, 5) is 0. The number of fused-ring (bicyclic) bond motifs is 2. The Morgan fingerprint density at radius 1 is 0.552 bits per heavy atom. The van der Waals surface area contributed by atoms with Crippen LogP contribution < -0.4 is 0 Å². The van der Waals surface area contributed by atoms with E-state index < -0.39 is 0 Å². The molecule has 0 spiro atoms. The summed E-state index contributed by atoms with van der Waals surface area (Å²) in [5.41, 5.74) is 10.9. The van der Waals surface area contributed by atoms with Crippen molar-refractivity contribution in [1.82, 2.24) is 0 Å². The van der Waals surface area contributed by atoms with Gasteiger partial charge in [-0.2, -0.15) is 0 Å². The fourth-order valence-corrected chi connectivity index (χ4v) is 4.21. The lowest BCUT2D eigenvalue weighted by Crippen LogP contribution is -1.92. The summed E-state index contributed by atoms with van der Waals surface area (Å²) in [7, 11) is 0. The smallest absolute Gasteiger partial charge is 0.00202 e. The van der Waals surface area contributed by atoms with Crippen LogP contribution in [0.4, 0.5) is 0 Å². The van der Waals surface area contributed by atoms with E-state index in [0.717, 1.165) is 0 Å². The van der Waals surface area contributed by atoms with Crippen LogP contribution in [-0.4, -0.2) is 0 Å². The van der Waals surface area contributed by atoms with E-state index in [1.54, 1.807) is 0 Å². The van der Waals surface area contributed by atoms with Crippen molar-refractivity contribution in [3.05, 3.63) is 120 Å². The first-order chi connectivity index (χ1) is 14.2. The van der Waals surface area contributed by atoms with E-state index in [-0.39, 0.29) is 0 Å². The molecule has 0 unspecified atom stereocenters. The van der Waals surface area contributed by atoms with Gasteiger partial charge in [0.2, 0.25) is 0 Å². The molecule has 1 aliphatic rings. The lowest BCUT2D eigenvalue weighted by Gasteiger charge is -2.18. The van der Waals surface area contributed by atoms with Gasteiger partial charge in [0.1, 0.15) is 0 Å². The van der Waals surface area contributed by atoms with Crippen LogP contribution >= 0.6 is 0 Å². The molecule has 1 aliphatic carbocycles. The van der Waals surface area contributed by atoms with Crippen molar-refractivity contribution >= 4 is 27.1 Å². The van der Waals surface area contributed by atoms with Gasteiger partial charge in [-0.1, -0.05) is 90.5 Å². The Morgan fingerprint density at radius 3 is 1.69 bits per heavy atom. The largest absolute Gasteiger partial charge is 0.120 e. The van der Waals surface area contributed by atoms with E-state index in [2.05, 4.69) is 111 Å². The molecule has 0 heterocycles. The Labute approximate surface area is 171 Å². The molecule has 0 N–H and O–H groups in total. The van der Waals surface area contributed by atoms with E-state index in [1.807, 2.05) is 6.08 Å². The van der Waals surface area contributed by atoms with Gasteiger partial charge in [0.15, 0.2) is 0 Å². The standard InChI is InChI=1S/C29H22/c1-20-8-7-9-22(17-14-20)28-24-10-3-5-12-26(24)29(23-18-15-21(2)16-19-23)27-13-6-4-11-25(27)28/h3-6,8-19H,1-2H3. The zero-order valence-electron chi connectivity index (χ0n) is 16.7. The summed E-state index contributed by atoms with van der Waals surface area (Å²) < 4.78 is 0. The van der Waals surface area contributed by atoms with Gasteiger partial charge in [-0.3, -0.25) is 0 Å². The van der Waals surface area contributed by atoms with E-state index in [0.29, 0.717) is 0 Å². The summed E-state index contributed by atoms with van der Waals surface area (Å²) in [6, 6.07) is 26.4. The molecule has 138 valence electrons. The first-order valence-corrected chi connectivity index (χ1v) is 10.0. The van der Waals surface area contributed by atoms with Crippen LogP contribution in [0.3, 0.4) is 0 Å². The number of benzene rings is 4. The number of rotatable bonds is 2. The Morgan fingerprint density at radius 2 is 1.10 bits per heavy atom. The van der Waals surface area contributed by atoms with Crippen molar-refractivity contribution in [2.75, 3.05) is 0 Å². The fraction of sp³-hybridized carbons (Fsp3) is 0.0690. The van der Waals surface area contributed by atoms with Gasteiger partial charge in [0.05, 0.1) is 0 Å². The molecule has 0 nitrogen and oxygen atoms in total. The molecule has 29 heavy (non-hydrogen) atoms. The van der Waals surface area contributed by atoms with Gasteiger partial charge < -0.3 is 0 Å². The summed E-state index contributed by atoms with van der Waals surface area (Å²) >= 11 is 0. The van der Waals surface area contributed by atoms with Crippen LogP contribution in [0, 0.1) is 6.92 Å². The van der Waals surface area contributed by atoms with Crippen LogP contribution in [-0.2, 0) is 0 Å². The number of aryl methyl sites for hydroxylation is 1. The minimum Gasteiger partial charge on any atom is -0.120 e. The van der Waals surface area contributed by atoms with Crippen molar-refractivity contribution in [3.8, 4) is 11.1 Å². The molecule has 4 aromatic rings. The van der Waals surface area contributed by atoms with Crippen LogP contribution in [0.5, 0.6) is 0 Å². The highest BCUT2D eigenvalue weighted by molar-refractivity contribution is 6.19. The zero-order valence-corrected chi connectivity index (χ0v) is 16.7. The molecule has 5 rings (SSSR count). The predicted molar refractivity (Wildman–Crippen MR) is 126 cm³/mol. The highest BCUT2D eigenvalue weighted by Crippen LogP contribution is 2.42. The van der Waals surface area contributed by atoms with Crippen LogP contribution in [0.2, 0.25) is 0 Å². The molecule has 0 fully saturated rings. The maximum Gasteiger partial charge on any atom is -0.00202 e. The Kier molecular flexibility index (Phi) is 4.28. The van der Waals surface area contributed by atoms with Gasteiger partial charge in [0, 0.05) is 0 Å². The number of allylic oxidation sites excluding steroid dienone is 5. The fourth-order valence-electron chi connectivity index (χ4n) is 4.21. The highest BCUT2D eigenvalue weighted by Gasteiger charge is 2.16. The van der Waals surface area contributed by atoms with E-state index >= 15 is 0 Å². The molecule has 0 aliphatic heterocycles. The topological polar surface area (TPSA) is 0 Å². The normalized spacial score (nSPS) is 13.4. The van der Waals surface area contributed by atoms with Crippen molar-refractivity contribution in [3.63, 3.8) is 0 Å². The summed E-state index contributed by atoms with van der Waals surface area (Å²) in [6.45, 7) is 4.24. The number of hydrogen-bond donors (Lipinski definition) is 0. The highest BCUT2D eigenvalue weighted by atomic mass is 14.2. The average Bonchev–Trinajstić information content (AvgIpc) is 2.97. The second-order valence-electron chi connectivity index (χ2n) is 7.70. The Balaban J connectivity index is 1.95. The van der Waals surface area contributed by atoms with Gasteiger partial charge >= 0.3 is 0 Å². The molecular formula is C29H22. The van der Waals surface area contributed by atoms with Crippen LogP contribution in [0.15, 0.2) is 108 Å². The second-order valence-corrected chi connectivity index (χ2v) is 7.70. The molecule has 4 aromatic carbocycles. The first kappa shape index (κ1) is 17.5. The Hall–Kier alpha value is -3.60. The van der Waals surface area contributed by atoms with E-state index in [1.165, 1.54) is 54.9 Å². The maximum atomic E-state index is 3.34. The maximum absolute atomic E-state index is 3.34. The quantitative estimate of drug-likeness (QED) is 0.247. The summed E-state index contributed by atoms with van der Waals surface area (Å²) in [5.74, 6) is 0. The van der Waals surface area contributed by atoms with E-state index in [4.69, 9.17) is 0 Å². The molecule has 0 atom stereocenters. The molecule has 0 amide bonds. The monoisotopic (exact) mass is 370 g/mol. The SMILES string of the molecule is CC1=CC=C(c2c3ccccc3c(-c3ccc(C)cc3)c3ccccc23)C=C=C1. The molecule has 0 saturated heterocycles. The third kappa shape index (κ3) is 3.05. The third-order valence-electron chi connectivity index (χ3n) is 5.64. The van der Waals surface area contributed by atoms with Gasteiger partial charge in [-0.05, 0) is 75.4 Å². The molecular weight excluding hydrogens is 348 g/mol. The Bertz CT molecular complexity index is 1310. The van der Waals surface area contributed by atoms with Gasteiger partial charge in [-0.15, -0.1) is 5.73 Å². The molecule has 0 saturated carbocycles. The van der Waals surface area contributed by atoms with Gasteiger partial charge in [-0.25, -0.2) is 0 Å². The molecule has 0 aromatic heterocycles. The van der Waals surface area contributed by atoms with Crippen LogP contribution in [0.25, 0.3) is 38.2 Å². The summed E-state index contributed by atoms with van der Waals surface area (Å²) in [5, 5.41) is 5.12. The number of hydrogen-bond acceptors (Lipinski definition) is 0. The third-order valence-corrected chi connectivity index (χ3v) is 5.64. The molecule has 0 heteroatoms. The molecule has 0 radical (unpaired) electrons. The van der Waals surface area contributed by atoms with Crippen LogP contribution in [0.1, 0.15) is 18.1 Å². The minimum absolute atomic E-state index is 1.20. The van der Waals surface area contributed by atoms with E-state index in [9.17, 15) is 0 Å². The first-order valence-electron chi connectivity index (χ1n) is 10.0. The molecule has 0 bridgehead atoms. The summed E-state index contributed by atoms with van der Waals surface area (Å²) in [6.07, 6.45) is 8.52. The van der Waals surface area contributed by atoms with Crippen molar-refractivity contribution < 1.29 is 0 Å². The second kappa shape index (κ2) is 7.09. The van der Waals surface area contributed by atoms with Crippen molar-refractivity contribution in [2.24, 2.45) is 0 Å². The van der Waals surface area contributed by atoms with Gasteiger partial charge in [0.25, 0.3) is 0 Å². The predicted octanol–water partition coefficient (Wildman–Crippen LogP) is 8.02. The average molecular weight is 370 g/mol.